The summed E-state index contributed by atoms with van der Waals surface area (Å²) in [6, 6.07) is 15.5. The zero-order valence-electron chi connectivity index (χ0n) is 17.0. The van der Waals surface area contributed by atoms with Crippen LogP contribution in [0.2, 0.25) is 0 Å². The predicted octanol–water partition coefficient (Wildman–Crippen LogP) is 5.82. The van der Waals surface area contributed by atoms with Crippen LogP contribution in [-0.4, -0.2) is 14.6 Å². The molecule has 158 valence electrons. The van der Waals surface area contributed by atoms with Crippen molar-refractivity contribution in [1.29, 1.82) is 0 Å². The minimum Gasteiger partial charge on any atom is -0.366 e. The number of benzene rings is 2. The third-order valence-electron chi connectivity index (χ3n) is 5.69. The van der Waals surface area contributed by atoms with Gasteiger partial charge in [-0.2, -0.15) is 22.8 Å². The number of fused-ring (bicyclic) bond motifs is 2. The highest BCUT2D eigenvalue weighted by Crippen LogP contribution is 2.32. The molecule has 4 aromatic rings. The first kappa shape index (κ1) is 19.6. The molecule has 0 fully saturated rings. The molecule has 0 amide bonds. The molecule has 2 aromatic carbocycles. The Balaban J connectivity index is 1.52. The van der Waals surface area contributed by atoms with Crippen molar-refractivity contribution >= 4 is 11.5 Å². The lowest BCUT2D eigenvalue weighted by Crippen LogP contribution is -2.11. The number of nitrogens with zero attached hydrogens (tertiary/aromatic N) is 3. The molecule has 0 atom stereocenters. The predicted molar refractivity (Wildman–Crippen MR) is 114 cm³/mol. The maximum absolute atomic E-state index is 13.1. The highest BCUT2D eigenvalue weighted by molar-refractivity contribution is 5.67. The topological polar surface area (TPSA) is 42.2 Å². The van der Waals surface area contributed by atoms with Gasteiger partial charge in [-0.1, -0.05) is 42.0 Å². The molecule has 0 saturated heterocycles. The molecule has 1 aliphatic rings. The lowest BCUT2D eigenvalue weighted by atomic mass is 10.1. The Morgan fingerprint density at radius 1 is 1.03 bits per heavy atom. The first-order valence-corrected chi connectivity index (χ1v) is 10.3. The molecule has 0 spiro atoms. The standard InChI is InChI=1S/C24H21F3N4/c1-15-8-10-17(11-9-15)21-13-22-29-20-7-3-6-19(20)23(31(22)30-21)28-14-16-4-2-5-18(12-16)24(25,26)27/h2,4-5,8-13,28H,3,6-7,14H2,1H3. The molecule has 7 heteroatoms. The van der Waals surface area contributed by atoms with Crippen LogP contribution in [0.25, 0.3) is 16.9 Å². The third-order valence-corrected chi connectivity index (χ3v) is 5.69. The van der Waals surface area contributed by atoms with Crippen molar-refractivity contribution in [2.24, 2.45) is 0 Å². The van der Waals surface area contributed by atoms with Crippen LogP contribution >= 0.6 is 0 Å². The SMILES string of the molecule is Cc1ccc(-c2cc3nc4c(c(NCc5cccc(C(F)(F)F)c5)n3n2)CCC4)cc1. The van der Waals surface area contributed by atoms with E-state index in [0.717, 1.165) is 59.3 Å². The molecule has 31 heavy (non-hydrogen) atoms. The van der Waals surface area contributed by atoms with E-state index in [1.165, 1.54) is 17.7 Å². The fraction of sp³-hybridized carbons (Fsp3) is 0.250. The van der Waals surface area contributed by atoms with Gasteiger partial charge >= 0.3 is 6.18 Å². The number of aromatic nitrogens is 3. The second kappa shape index (κ2) is 7.41. The lowest BCUT2D eigenvalue weighted by molar-refractivity contribution is -0.137. The number of rotatable bonds is 4. The summed E-state index contributed by atoms with van der Waals surface area (Å²) in [5.74, 6) is 0.813. The summed E-state index contributed by atoms with van der Waals surface area (Å²) in [6.07, 6.45) is -1.57. The normalized spacial score (nSPS) is 13.5. The van der Waals surface area contributed by atoms with Crippen molar-refractivity contribution in [3.05, 3.63) is 82.5 Å². The van der Waals surface area contributed by atoms with Gasteiger partial charge in [-0.15, -0.1) is 0 Å². The molecule has 0 radical (unpaired) electrons. The third kappa shape index (κ3) is 3.76. The van der Waals surface area contributed by atoms with Crippen LogP contribution in [0, 0.1) is 6.92 Å². The smallest absolute Gasteiger partial charge is 0.366 e. The maximum Gasteiger partial charge on any atom is 0.416 e. The number of hydrogen-bond acceptors (Lipinski definition) is 3. The van der Waals surface area contributed by atoms with Gasteiger partial charge in [-0.3, -0.25) is 0 Å². The summed E-state index contributed by atoms with van der Waals surface area (Å²) < 4.78 is 41.0. The molecular weight excluding hydrogens is 401 g/mol. The number of alkyl halides is 3. The van der Waals surface area contributed by atoms with Gasteiger partial charge in [-0.05, 0) is 43.9 Å². The average molecular weight is 422 g/mol. The molecule has 1 N–H and O–H groups in total. The molecule has 0 aliphatic heterocycles. The monoisotopic (exact) mass is 422 g/mol. The summed E-state index contributed by atoms with van der Waals surface area (Å²) in [4.78, 5) is 4.79. The molecule has 2 heterocycles. The van der Waals surface area contributed by atoms with Crippen LogP contribution in [0.4, 0.5) is 19.0 Å². The number of halogens is 3. The minimum absolute atomic E-state index is 0.273. The van der Waals surface area contributed by atoms with Gasteiger partial charge in [0.15, 0.2) is 5.65 Å². The van der Waals surface area contributed by atoms with Gasteiger partial charge in [0.25, 0.3) is 0 Å². The van der Waals surface area contributed by atoms with Gasteiger partial charge in [-0.25, -0.2) is 4.98 Å². The Hall–Kier alpha value is -3.35. The van der Waals surface area contributed by atoms with Crippen LogP contribution in [0.1, 0.15) is 34.4 Å². The summed E-state index contributed by atoms with van der Waals surface area (Å²) in [6.45, 7) is 2.31. The van der Waals surface area contributed by atoms with E-state index in [1.54, 1.807) is 10.6 Å². The van der Waals surface area contributed by atoms with E-state index in [9.17, 15) is 13.2 Å². The van der Waals surface area contributed by atoms with Gasteiger partial charge in [0.2, 0.25) is 0 Å². The van der Waals surface area contributed by atoms with E-state index in [0.29, 0.717) is 5.56 Å². The number of hydrogen-bond donors (Lipinski definition) is 1. The largest absolute Gasteiger partial charge is 0.416 e. The van der Waals surface area contributed by atoms with Crippen LogP contribution in [-0.2, 0) is 25.6 Å². The highest BCUT2D eigenvalue weighted by Gasteiger charge is 2.30. The Morgan fingerprint density at radius 2 is 1.84 bits per heavy atom. The number of anilines is 1. The van der Waals surface area contributed by atoms with E-state index in [2.05, 4.69) is 5.32 Å². The van der Waals surface area contributed by atoms with Gasteiger partial charge in [0.05, 0.1) is 11.3 Å². The van der Waals surface area contributed by atoms with Gasteiger partial charge in [0, 0.05) is 29.4 Å². The summed E-state index contributed by atoms with van der Waals surface area (Å²) in [7, 11) is 0. The van der Waals surface area contributed by atoms with Crippen LogP contribution in [0.15, 0.2) is 54.6 Å². The van der Waals surface area contributed by atoms with Gasteiger partial charge in [0.1, 0.15) is 5.82 Å². The van der Waals surface area contributed by atoms with Crippen LogP contribution < -0.4 is 5.32 Å². The van der Waals surface area contributed by atoms with E-state index in [-0.39, 0.29) is 6.54 Å². The summed E-state index contributed by atoms with van der Waals surface area (Å²) in [5, 5.41) is 8.12. The molecule has 0 saturated carbocycles. The van der Waals surface area contributed by atoms with Crippen molar-refractivity contribution in [3.63, 3.8) is 0 Å². The Labute approximate surface area is 177 Å². The number of nitrogens with one attached hydrogen (secondary N) is 1. The molecule has 1 aliphatic carbocycles. The van der Waals surface area contributed by atoms with E-state index in [4.69, 9.17) is 10.1 Å². The average Bonchev–Trinajstić information content (AvgIpc) is 3.38. The van der Waals surface area contributed by atoms with E-state index < -0.39 is 11.7 Å². The zero-order valence-corrected chi connectivity index (χ0v) is 17.0. The molecular formula is C24H21F3N4. The molecule has 0 unspecified atom stereocenters. The quantitative estimate of drug-likeness (QED) is 0.450. The maximum atomic E-state index is 13.1. The van der Waals surface area contributed by atoms with E-state index in [1.807, 2.05) is 37.3 Å². The molecule has 4 nitrogen and oxygen atoms in total. The van der Waals surface area contributed by atoms with Crippen molar-refractivity contribution < 1.29 is 13.2 Å². The Kier molecular flexibility index (Phi) is 4.68. The summed E-state index contributed by atoms with van der Waals surface area (Å²) >= 11 is 0. The highest BCUT2D eigenvalue weighted by atomic mass is 19.4. The number of aryl methyl sites for hydroxylation is 2. The zero-order chi connectivity index (χ0) is 21.6. The van der Waals surface area contributed by atoms with Crippen LogP contribution in [0.3, 0.4) is 0 Å². The first-order valence-electron chi connectivity index (χ1n) is 10.3. The fourth-order valence-corrected chi connectivity index (χ4v) is 4.08. The lowest BCUT2D eigenvalue weighted by Gasteiger charge is -2.14. The van der Waals surface area contributed by atoms with Crippen molar-refractivity contribution in [2.75, 3.05) is 5.32 Å². The van der Waals surface area contributed by atoms with Crippen molar-refractivity contribution in [2.45, 2.75) is 38.9 Å². The van der Waals surface area contributed by atoms with Crippen molar-refractivity contribution in [3.8, 4) is 11.3 Å². The second-order valence-electron chi connectivity index (χ2n) is 7.96. The Morgan fingerprint density at radius 3 is 2.61 bits per heavy atom. The summed E-state index contributed by atoms with van der Waals surface area (Å²) in [5.41, 5.74) is 5.79. The van der Waals surface area contributed by atoms with E-state index >= 15 is 0 Å². The molecule has 5 rings (SSSR count). The van der Waals surface area contributed by atoms with Crippen molar-refractivity contribution in [1.82, 2.24) is 14.6 Å². The second-order valence-corrected chi connectivity index (χ2v) is 7.96. The minimum atomic E-state index is -4.36. The molecule has 2 aromatic heterocycles. The van der Waals surface area contributed by atoms with Crippen LogP contribution in [0.5, 0.6) is 0 Å². The fourth-order valence-electron chi connectivity index (χ4n) is 4.08. The molecule has 0 bridgehead atoms. The Bertz CT molecular complexity index is 1260. The van der Waals surface area contributed by atoms with Gasteiger partial charge < -0.3 is 5.32 Å². The first-order chi connectivity index (χ1) is 14.9.